The largest absolute Gasteiger partial charge is 0.478 e. The lowest BCUT2D eigenvalue weighted by molar-refractivity contribution is -0.386. The van der Waals surface area contributed by atoms with Gasteiger partial charge in [0.15, 0.2) is 0 Å². The Morgan fingerprint density at radius 3 is 2.75 bits per heavy atom. The quantitative estimate of drug-likeness (QED) is 0.625. The van der Waals surface area contributed by atoms with Crippen molar-refractivity contribution in [2.24, 2.45) is 0 Å². The van der Waals surface area contributed by atoms with Crippen LogP contribution in [0.25, 0.3) is 0 Å². The molecule has 86 valence electrons. The molecule has 0 aliphatic carbocycles. The molecule has 1 heterocycles. The topological polar surface area (TPSA) is 93.3 Å². The molecule has 0 amide bonds. The van der Waals surface area contributed by atoms with E-state index in [2.05, 4.69) is 4.98 Å². The Hall–Kier alpha value is -1.98. The van der Waals surface area contributed by atoms with Gasteiger partial charge in [0.2, 0.25) is 0 Å². The van der Waals surface area contributed by atoms with Crippen molar-refractivity contribution in [3.8, 4) is 0 Å². The number of nitro groups is 1. The molecule has 0 radical (unpaired) electrons. The van der Waals surface area contributed by atoms with Crippen molar-refractivity contribution in [1.29, 1.82) is 0 Å². The molecule has 0 aliphatic heterocycles. The summed E-state index contributed by atoms with van der Waals surface area (Å²) in [6.07, 6.45) is 1.86. The lowest BCUT2D eigenvalue weighted by Crippen LogP contribution is -2.06. The zero-order valence-electron chi connectivity index (χ0n) is 9.01. The summed E-state index contributed by atoms with van der Waals surface area (Å²) < 4.78 is 0. The third-order valence-electron chi connectivity index (χ3n) is 2.42. The number of aromatic nitrogens is 1. The second-order valence-electron chi connectivity index (χ2n) is 3.50. The zero-order chi connectivity index (χ0) is 12.3. The molecular weight excluding hydrogens is 212 g/mol. The van der Waals surface area contributed by atoms with Crippen molar-refractivity contribution >= 4 is 11.7 Å². The highest BCUT2D eigenvalue weighted by atomic mass is 16.6. The highest BCUT2D eigenvalue weighted by Crippen LogP contribution is 2.27. The number of carboxylic acid groups (broad SMARTS) is 1. The maximum atomic E-state index is 10.8. The van der Waals surface area contributed by atoms with Gasteiger partial charge >= 0.3 is 5.97 Å². The zero-order valence-corrected chi connectivity index (χ0v) is 9.01. The standard InChI is InChI=1S/C10H12N2O4/c1-3-6(2)9-8(12(15)16)4-7(5-11-9)10(13)14/h4-6H,3H2,1-2H3,(H,13,14). The minimum absolute atomic E-state index is 0.0664. The van der Waals surface area contributed by atoms with Crippen LogP contribution in [0.4, 0.5) is 5.69 Å². The summed E-state index contributed by atoms with van der Waals surface area (Å²) in [7, 11) is 0. The number of pyridine rings is 1. The molecule has 0 fully saturated rings. The van der Waals surface area contributed by atoms with E-state index in [4.69, 9.17) is 5.11 Å². The second kappa shape index (κ2) is 4.69. The number of aromatic carboxylic acids is 1. The Bertz CT molecular complexity index is 431. The summed E-state index contributed by atoms with van der Waals surface area (Å²) in [5.74, 6) is -1.28. The van der Waals surface area contributed by atoms with Gasteiger partial charge in [-0.3, -0.25) is 15.1 Å². The van der Waals surface area contributed by atoms with Crippen molar-refractivity contribution in [1.82, 2.24) is 4.98 Å². The molecule has 0 aliphatic rings. The van der Waals surface area contributed by atoms with E-state index in [1.54, 1.807) is 0 Å². The van der Waals surface area contributed by atoms with E-state index in [1.807, 2.05) is 13.8 Å². The molecule has 0 spiro atoms. The second-order valence-corrected chi connectivity index (χ2v) is 3.50. The molecule has 16 heavy (non-hydrogen) atoms. The molecule has 0 aromatic carbocycles. The summed E-state index contributed by atoms with van der Waals surface area (Å²) in [6.45, 7) is 3.71. The normalized spacial score (nSPS) is 12.1. The van der Waals surface area contributed by atoms with E-state index in [1.165, 1.54) is 0 Å². The van der Waals surface area contributed by atoms with E-state index in [-0.39, 0.29) is 17.2 Å². The minimum Gasteiger partial charge on any atom is -0.478 e. The molecular formula is C10H12N2O4. The summed E-state index contributed by atoms with van der Waals surface area (Å²) >= 11 is 0. The lowest BCUT2D eigenvalue weighted by atomic mass is 10.0. The molecule has 0 saturated heterocycles. The molecule has 1 atom stereocenters. The molecule has 1 aromatic rings. The highest BCUT2D eigenvalue weighted by molar-refractivity contribution is 5.88. The van der Waals surface area contributed by atoms with Gasteiger partial charge in [-0.05, 0) is 6.42 Å². The Balaban J connectivity index is 3.30. The minimum atomic E-state index is -1.22. The van der Waals surface area contributed by atoms with Crippen LogP contribution in [0.1, 0.15) is 42.2 Å². The van der Waals surface area contributed by atoms with Gasteiger partial charge in [-0.1, -0.05) is 13.8 Å². The Labute approximate surface area is 92.1 Å². The van der Waals surface area contributed by atoms with Crippen LogP contribution in [0, 0.1) is 10.1 Å². The van der Waals surface area contributed by atoms with E-state index >= 15 is 0 Å². The Kier molecular flexibility index (Phi) is 3.55. The third kappa shape index (κ3) is 2.33. The fourth-order valence-corrected chi connectivity index (χ4v) is 1.30. The monoisotopic (exact) mass is 224 g/mol. The summed E-state index contributed by atoms with van der Waals surface area (Å²) in [4.78, 5) is 24.7. The predicted molar refractivity (Wildman–Crippen MR) is 56.6 cm³/mol. The fraction of sp³-hybridized carbons (Fsp3) is 0.400. The van der Waals surface area contributed by atoms with Crippen molar-refractivity contribution in [2.45, 2.75) is 26.2 Å². The van der Waals surface area contributed by atoms with E-state index < -0.39 is 10.9 Å². The predicted octanol–water partition coefficient (Wildman–Crippen LogP) is 2.20. The van der Waals surface area contributed by atoms with Gasteiger partial charge in [-0.25, -0.2) is 4.79 Å². The maximum absolute atomic E-state index is 10.8. The highest BCUT2D eigenvalue weighted by Gasteiger charge is 2.21. The van der Waals surface area contributed by atoms with Crippen molar-refractivity contribution in [3.05, 3.63) is 33.6 Å². The van der Waals surface area contributed by atoms with Gasteiger partial charge in [0, 0.05) is 18.2 Å². The summed E-state index contributed by atoms with van der Waals surface area (Å²) in [6, 6.07) is 1.05. The molecule has 1 unspecified atom stereocenters. The van der Waals surface area contributed by atoms with Crippen molar-refractivity contribution < 1.29 is 14.8 Å². The molecule has 1 N–H and O–H groups in total. The fourth-order valence-electron chi connectivity index (χ4n) is 1.30. The number of hydrogen-bond acceptors (Lipinski definition) is 4. The van der Waals surface area contributed by atoms with Gasteiger partial charge in [-0.2, -0.15) is 0 Å². The van der Waals surface area contributed by atoms with Gasteiger partial charge < -0.3 is 5.11 Å². The SMILES string of the molecule is CCC(C)c1ncc(C(=O)O)cc1[N+](=O)[O-]. The summed E-state index contributed by atoms with van der Waals surface area (Å²) in [5, 5.41) is 19.5. The average Bonchev–Trinajstić information content (AvgIpc) is 2.26. The number of carboxylic acids is 1. The Morgan fingerprint density at radius 1 is 1.69 bits per heavy atom. The first-order chi connectivity index (χ1) is 7.47. The van der Waals surface area contributed by atoms with Crippen LogP contribution in [0.2, 0.25) is 0 Å². The first-order valence-corrected chi connectivity index (χ1v) is 4.85. The van der Waals surface area contributed by atoms with Crippen LogP contribution in [0.3, 0.4) is 0 Å². The first kappa shape index (κ1) is 12.1. The van der Waals surface area contributed by atoms with Crippen LogP contribution >= 0.6 is 0 Å². The third-order valence-corrected chi connectivity index (χ3v) is 2.42. The van der Waals surface area contributed by atoms with Crippen LogP contribution in [0.5, 0.6) is 0 Å². The van der Waals surface area contributed by atoms with E-state index in [9.17, 15) is 14.9 Å². The Morgan fingerprint density at radius 2 is 2.31 bits per heavy atom. The molecule has 6 heteroatoms. The van der Waals surface area contributed by atoms with E-state index in [0.29, 0.717) is 12.1 Å². The van der Waals surface area contributed by atoms with E-state index in [0.717, 1.165) is 12.3 Å². The molecule has 0 saturated carbocycles. The van der Waals surface area contributed by atoms with Crippen LogP contribution in [-0.2, 0) is 0 Å². The molecule has 1 aromatic heterocycles. The smallest absolute Gasteiger partial charge is 0.337 e. The molecule has 0 bridgehead atoms. The van der Waals surface area contributed by atoms with Crippen LogP contribution in [-0.4, -0.2) is 21.0 Å². The van der Waals surface area contributed by atoms with Crippen molar-refractivity contribution in [2.75, 3.05) is 0 Å². The van der Waals surface area contributed by atoms with Crippen LogP contribution < -0.4 is 0 Å². The summed E-state index contributed by atoms with van der Waals surface area (Å²) in [5.41, 5.74) is -0.0643. The first-order valence-electron chi connectivity index (χ1n) is 4.85. The number of rotatable bonds is 4. The number of carbonyl (C=O) groups is 1. The van der Waals surface area contributed by atoms with Gasteiger partial charge in [-0.15, -0.1) is 0 Å². The van der Waals surface area contributed by atoms with Gasteiger partial charge in [0.25, 0.3) is 5.69 Å². The molecule has 6 nitrogen and oxygen atoms in total. The lowest BCUT2D eigenvalue weighted by Gasteiger charge is -2.08. The van der Waals surface area contributed by atoms with Gasteiger partial charge in [0.1, 0.15) is 5.69 Å². The van der Waals surface area contributed by atoms with Crippen molar-refractivity contribution in [3.63, 3.8) is 0 Å². The van der Waals surface area contributed by atoms with Crippen LogP contribution in [0.15, 0.2) is 12.3 Å². The van der Waals surface area contributed by atoms with Gasteiger partial charge in [0.05, 0.1) is 10.5 Å². The number of nitrogens with zero attached hydrogens (tertiary/aromatic N) is 2. The molecule has 1 rings (SSSR count). The average molecular weight is 224 g/mol. The maximum Gasteiger partial charge on any atom is 0.337 e. The number of hydrogen-bond donors (Lipinski definition) is 1.